The van der Waals surface area contributed by atoms with E-state index in [1.54, 1.807) is 0 Å². The van der Waals surface area contributed by atoms with Crippen LogP contribution in [0.25, 0.3) is 11.3 Å². The largest absolute Gasteiger partial charge is 0.399 e. The molecule has 1 aliphatic rings. The molecule has 0 amide bonds. The van der Waals surface area contributed by atoms with Gasteiger partial charge in [-0.3, -0.25) is 4.68 Å². The molecule has 0 spiro atoms. The van der Waals surface area contributed by atoms with Gasteiger partial charge >= 0.3 is 0 Å². The number of fused-ring (bicyclic) bond motifs is 1. The summed E-state index contributed by atoms with van der Waals surface area (Å²) in [4.78, 5) is 0. The van der Waals surface area contributed by atoms with Gasteiger partial charge in [0, 0.05) is 28.4 Å². The lowest BCUT2D eigenvalue weighted by atomic mass is 9.84. The molecule has 1 atom stereocenters. The van der Waals surface area contributed by atoms with Gasteiger partial charge in [-0.15, -0.1) is 0 Å². The van der Waals surface area contributed by atoms with Crippen molar-refractivity contribution in [1.29, 1.82) is 0 Å². The summed E-state index contributed by atoms with van der Waals surface area (Å²) in [5.41, 5.74) is 20.5. The molecule has 1 aromatic heterocycles. The summed E-state index contributed by atoms with van der Waals surface area (Å²) in [5.74, 6) is 0.378. The van der Waals surface area contributed by atoms with Gasteiger partial charge in [0.15, 0.2) is 0 Å². The summed E-state index contributed by atoms with van der Waals surface area (Å²) >= 11 is 0. The second kappa shape index (κ2) is 7.68. The van der Waals surface area contributed by atoms with E-state index in [2.05, 4.69) is 61.9 Å². The van der Waals surface area contributed by atoms with Crippen LogP contribution in [0.1, 0.15) is 61.9 Å². The van der Waals surface area contributed by atoms with Crippen molar-refractivity contribution in [1.82, 2.24) is 9.78 Å². The quantitative estimate of drug-likeness (QED) is 0.627. The highest BCUT2D eigenvalue weighted by molar-refractivity contribution is 5.67. The first-order chi connectivity index (χ1) is 13.9. The van der Waals surface area contributed by atoms with Crippen molar-refractivity contribution in [2.45, 2.75) is 57.9 Å². The van der Waals surface area contributed by atoms with Crippen LogP contribution in [-0.2, 0) is 18.4 Å². The molecule has 0 radical (unpaired) electrons. The van der Waals surface area contributed by atoms with Gasteiger partial charge in [0.1, 0.15) is 0 Å². The maximum absolute atomic E-state index is 6.15. The third kappa shape index (κ3) is 3.95. The molecule has 4 N–H and O–H groups in total. The fraction of sp³-hybridized carbons (Fsp3) is 0.400. The minimum atomic E-state index is 0.167. The minimum absolute atomic E-state index is 0.167. The minimum Gasteiger partial charge on any atom is -0.399 e. The summed E-state index contributed by atoms with van der Waals surface area (Å²) in [7, 11) is 0. The van der Waals surface area contributed by atoms with Crippen LogP contribution in [0, 0.1) is 0 Å². The van der Waals surface area contributed by atoms with Gasteiger partial charge in [0.25, 0.3) is 0 Å². The Kier molecular flexibility index (Phi) is 5.22. The molecule has 2 aromatic carbocycles. The summed E-state index contributed by atoms with van der Waals surface area (Å²) in [6.45, 7) is 8.20. The van der Waals surface area contributed by atoms with Gasteiger partial charge in [-0.25, -0.2) is 0 Å². The van der Waals surface area contributed by atoms with Gasteiger partial charge in [-0.05, 0) is 54.5 Å². The number of nitrogens with zero attached hydrogens (tertiary/aromatic N) is 2. The number of rotatable bonds is 4. The van der Waals surface area contributed by atoms with Crippen molar-refractivity contribution in [3.8, 4) is 11.3 Å². The predicted octanol–water partition coefficient (Wildman–Crippen LogP) is 4.86. The Morgan fingerprint density at radius 2 is 1.72 bits per heavy atom. The van der Waals surface area contributed by atoms with E-state index < -0.39 is 0 Å². The average molecular weight is 389 g/mol. The van der Waals surface area contributed by atoms with Gasteiger partial charge < -0.3 is 11.5 Å². The standard InChI is InChI=1S/C25H32N4/c1-25(2,3)20-11-7-17(8-12-20)16-29-22-6-4-5-19(15-26)23(22)24(28-29)18-9-13-21(27)14-10-18/h7-14,19H,4-6,15-16,26-27H2,1-3H3. The molecule has 152 valence electrons. The van der Waals surface area contributed by atoms with Gasteiger partial charge in [-0.2, -0.15) is 5.10 Å². The molecular formula is C25H32N4. The van der Waals surface area contributed by atoms with Crippen molar-refractivity contribution in [2.24, 2.45) is 5.73 Å². The Labute approximate surface area is 173 Å². The van der Waals surface area contributed by atoms with Crippen LogP contribution >= 0.6 is 0 Å². The molecule has 0 saturated heterocycles. The summed E-state index contributed by atoms with van der Waals surface area (Å²) in [6.07, 6.45) is 3.37. The van der Waals surface area contributed by atoms with Crippen molar-refractivity contribution < 1.29 is 0 Å². The molecule has 3 aromatic rings. The Morgan fingerprint density at radius 1 is 1.03 bits per heavy atom. The molecule has 0 fully saturated rings. The van der Waals surface area contributed by atoms with Gasteiger partial charge in [-0.1, -0.05) is 57.2 Å². The summed E-state index contributed by atoms with van der Waals surface area (Å²) < 4.78 is 2.20. The second-order valence-electron chi connectivity index (χ2n) is 9.26. The van der Waals surface area contributed by atoms with E-state index in [4.69, 9.17) is 16.6 Å². The number of benzene rings is 2. The highest BCUT2D eigenvalue weighted by atomic mass is 15.3. The van der Waals surface area contributed by atoms with Gasteiger partial charge in [0.05, 0.1) is 12.2 Å². The first-order valence-corrected chi connectivity index (χ1v) is 10.6. The summed E-state index contributed by atoms with van der Waals surface area (Å²) in [6, 6.07) is 17.0. The first kappa shape index (κ1) is 19.7. The van der Waals surface area contributed by atoms with E-state index in [0.717, 1.165) is 36.3 Å². The third-order valence-corrected chi connectivity index (χ3v) is 6.09. The maximum atomic E-state index is 6.15. The SMILES string of the molecule is CC(C)(C)c1ccc(Cn2nc(-c3ccc(N)cc3)c3c2CCCC3CN)cc1. The van der Waals surface area contributed by atoms with Crippen LogP contribution in [0.15, 0.2) is 48.5 Å². The number of nitrogens with two attached hydrogens (primary N) is 2. The number of anilines is 1. The number of aromatic nitrogens is 2. The lowest BCUT2D eigenvalue weighted by molar-refractivity contribution is 0.531. The van der Waals surface area contributed by atoms with E-state index in [0.29, 0.717) is 12.5 Å². The Balaban J connectivity index is 1.73. The highest BCUT2D eigenvalue weighted by Crippen LogP contribution is 2.38. The monoisotopic (exact) mass is 388 g/mol. The van der Waals surface area contributed by atoms with Crippen LogP contribution in [0.5, 0.6) is 0 Å². The molecule has 4 rings (SSSR count). The van der Waals surface area contributed by atoms with Crippen molar-refractivity contribution >= 4 is 5.69 Å². The molecule has 1 aliphatic carbocycles. The molecule has 4 heteroatoms. The Bertz CT molecular complexity index is 975. The molecule has 1 heterocycles. The first-order valence-electron chi connectivity index (χ1n) is 10.6. The van der Waals surface area contributed by atoms with E-state index in [-0.39, 0.29) is 5.41 Å². The lowest BCUT2D eigenvalue weighted by Gasteiger charge is -2.23. The zero-order valence-corrected chi connectivity index (χ0v) is 17.8. The normalized spacial score (nSPS) is 16.6. The fourth-order valence-electron chi connectivity index (χ4n) is 4.37. The number of nitrogen functional groups attached to an aromatic ring is 1. The van der Waals surface area contributed by atoms with Crippen LogP contribution in [0.3, 0.4) is 0 Å². The molecule has 0 bridgehead atoms. The molecule has 4 nitrogen and oxygen atoms in total. The molecule has 1 unspecified atom stereocenters. The average Bonchev–Trinajstić information content (AvgIpc) is 3.07. The number of hydrogen-bond acceptors (Lipinski definition) is 3. The molecule has 29 heavy (non-hydrogen) atoms. The number of hydrogen-bond donors (Lipinski definition) is 2. The van der Waals surface area contributed by atoms with E-state index in [1.807, 2.05) is 12.1 Å². The van der Waals surface area contributed by atoms with Crippen LogP contribution in [-0.4, -0.2) is 16.3 Å². The Morgan fingerprint density at radius 3 is 2.34 bits per heavy atom. The van der Waals surface area contributed by atoms with E-state index in [9.17, 15) is 0 Å². The Hall–Kier alpha value is -2.59. The maximum Gasteiger partial charge on any atom is 0.0961 e. The van der Waals surface area contributed by atoms with Crippen molar-refractivity contribution in [3.63, 3.8) is 0 Å². The second-order valence-corrected chi connectivity index (χ2v) is 9.26. The van der Waals surface area contributed by atoms with E-state index in [1.165, 1.54) is 28.8 Å². The fourth-order valence-corrected chi connectivity index (χ4v) is 4.37. The topological polar surface area (TPSA) is 69.9 Å². The highest BCUT2D eigenvalue weighted by Gasteiger charge is 2.28. The molecule has 0 aliphatic heterocycles. The zero-order chi connectivity index (χ0) is 20.6. The van der Waals surface area contributed by atoms with Crippen LogP contribution in [0.2, 0.25) is 0 Å². The van der Waals surface area contributed by atoms with Crippen molar-refractivity contribution in [2.75, 3.05) is 12.3 Å². The molecule has 0 saturated carbocycles. The third-order valence-electron chi connectivity index (χ3n) is 6.09. The summed E-state index contributed by atoms with van der Waals surface area (Å²) in [5, 5.41) is 5.08. The van der Waals surface area contributed by atoms with Crippen molar-refractivity contribution in [3.05, 3.63) is 70.9 Å². The zero-order valence-electron chi connectivity index (χ0n) is 17.8. The van der Waals surface area contributed by atoms with Crippen LogP contribution < -0.4 is 11.5 Å². The van der Waals surface area contributed by atoms with E-state index >= 15 is 0 Å². The van der Waals surface area contributed by atoms with Gasteiger partial charge in [0.2, 0.25) is 0 Å². The molecular weight excluding hydrogens is 356 g/mol. The lowest BCUT2D eigenvalue weighted by Crippen LogP contribution is -2.19. The van der Waals surface area contributed by atoms with Crippen LogP contribution in [0.4, 0.5) is 5.69 Å². The predicted molar refractivity (Wildman–Crippen MR) is 121 cm³/mol. The smallest absolute Gasteiger partial charge is 0.0961 e.